The van der Waals surface area contributed by atoms with Crippen LogP contribution in [-0.2, 0) is 29.8 Å². The molecule has 0 aliphatic carbocycles. The van der Waals surface area contributed by atoms with Crippen molar-refractivity contribution >= 4 is 56.6 Å². The fraction of sp³-hybridized carbons (Fsp3) is 0.344. The van der Waals surface area contributed by atoms with E-state index in [1.807, 2.05) is 4.72 Å². The van der Waals surface area contributed by atoms with Gasteiger partial charge >= 0.3 is 0 Å². The lowest BCUT2D eigenvalue weighted by molar-refractivity contribution is -0.136. The molecule has 2 aliphatic heterocycles. The quantitative estimate of drug-likeness (QED) is 0.272. The number of hydrogen-bond donors (Lipinski definition) is 3. The highest BCUT2D eigenvalue weighted by Gasteiger charge is 2.62. The second-order valence-corrected chi connectivity index (χ2v) is 14.2. The monoisotopic (exact) mass is 693 g/mol. The molecule has 3 aromatic carbocycles. The molecule has 1 spiro atoms. The Morgan fingerprint density at radius 3 is 2.41 bits per heavy atom. The van der Waals surface area contributed by atoms with E-state index in [-0.39, 0.29) is 57.4 Å². The minimum atomic E-state index is -3.96. The number of piperidine rings is 1. The van der Waals surface area contributed by atoms with Crippen molar-refractivity contribution in [1.29, 1.82) is 0 Å². The summed E-state index contributed by atoms with van der Waals surface area (Å²) in [5, 5.41) is 5.60. The molecule has 0 bridgehead atoms. The first kappa shape index (κ1) is 33.6. The normalized spacial score (nSPS) is 21.0. The Hall–Kier alpha value is -3.74. The molecule has 0 aromatic heterocycles. The van der Waals surface area contributed by atoms with Crippen molar-refractivity contribution in [3.05, 3.63) is 92.5 Å². The molecule has 3 N–H and O–H groups in total. The van der Waals surface area contributed by atoms with Crippen molar-refractivity contribution in [1.82, 2.24) is 10.0 Å². The number of benzene rings is 3. The predicted octanol–water partition coefficient (Wildman–Crippen LogP) is 5.83. The zero-order valence-corrected chi connectivity index (χ0v) is 27.6. The summed E-state index contributed by atoms with van der Waals surface area (Å²) in [5.74, 6) is -4.55. The lowest BCUT2D eigenvalue weighted by atomic mass is 9.59. The Bertz CT molecular complexity index is 1890. The molecular weight excluding hydrogens is 663 g/mol. The zero-order valence-electron chi connectivity index (χ0n) is 25.3. The maximum atomic E-state index is 15.2. The van der Waals surface area contributed by atoms with Crippen LogP contribution in [0.2, 0.25) is 10.0 Å². The maximum Gasteiger partial charge on any atom is 0.277 e. The molecular formula is C32H31Cl2F2N3O6S. The second-order valence-electron chi connectivity index (χ2n) is 11.6. The third-order valence-corrected chi connectivity index (χ3v) is 9.95. The number of nitrogens with one attached hydrogen (secondary N) is 3. The van der Waals surface area contributed by atoms with Gasteiger partial charge in [-0.15, -0.1) is 0 Å². The molecule has 3 amide bonds. The topological polar surface area (TPSA) is 131 Å². The molecule has 9 nitrogen and oxygen atoms in total. The number of sulfonamides is 1. The van der Waals surface area contributed by atoms with E-state index in [4.69, 9.17) is 27.9 Å². The number of rotatable bonds is 8. The van der Waals surface area contributed by atoms with Crippen LogP contribution in [0.4, 0.5) is 14.5 Å². The van der Waals surface area contributed by atoms with Gasteiger partial charge in [0.2, 0.25) is 21.8 Å². The highest BCUT2D eigenvalue weighted by Crippen LogP contribution is 2.59. The van der Waals surface area contributed by atoms with Crippen LogP contribution >= 0.6 is 23.2 Å². The van der Waals surface area contributed by atoms with Gasteiger partial charge in [0, 0.05) is 28.6 Å². The van der Waals surface area contributed by atoms with E-state index >= 15 is 4.39 Å². The molecule has 2 heterocycles. The minimum absolute atomic E-state index is 0.0428. The molecule has 0 saturated carbocycles. The summed E-state index contributed by atoms with van der Waals surface area (Å²) in [4.78, 5) is 41.3. The summed E-state index contributed by atoms with van der Waals surface area (Å²) < 4.78 is 62.4. The summed E-state index contributed by atoms with van der Waals surface area (Å²) in [6.45, 7) is 4.98. The van der Waals surface area contributed by atoms with Crippen LogP contribution in [0.3, 0.4) is 0 Å². The summed E-state index contributed by atoms with van der Waals surface area (Å²) in [5.41, 5.74) is -2.07. The molecule has 1 fully saturated rings. The van der Waals surface area contributed by atoms with Crippen LogP contribution in [0.25, 0.3) is 0 Å². The van der Waals surface area contributed by atoms with E-state index in [0.717, 1.165) is 12.3 Å². The van der Waals surface area contributed by atoms with Crippen LogP contribution in [0.5, 0.6) is 5.75 Å². The van der Waals surface area contributed by atoms with Gasteiger partial charge in [0.25, 0.3) is 5.91 Å². The smallest absolute Gasteiger partial charge is 0.277 e. The molecule has 0 unspecified atom stereocenters. The summed E-state index contributed by atoms with van der Waals surface area (Å²) in [6.07, 6.45) is 0.608. The number of aryl methyl sites for hydroxylation is 1. The Balaban J connectivity index is 1.80. The molecule has 0 radical (unpaired) electrons. The van der Waals surface area contributed by atoms with Crippen molar-refractivity contribution in [2.24, 2.45) is 0 Å². The molecule has 5 rings (SSSR count). The van der Waals surface area contributed by atoms with Gasteiger partial charge in [-0.2, -0.15) is 0 Å². The standard InChI is InChI=1S/C32H31Cl2F2N3O6S/c1-5-31(6-2,29(41)39-46(4,43)44)45-26-10-8-17(33)11-20(26)21-14-27(40)38-28(19-12-18(35)9-7-16(19)3)32(21)22-13-24(36)23(34)15-25(22)37-30(32)42/h7-13,15,21,28H,5-6,14H2,1-4H3,(H,37,42)(H,38,40)(H,39,41)/t21-,28+,32+/m1/s1. The first-order valence-corrected chi connectivity index (χ1v) is 17.1. The molecule has 3 atom stereocenters. The number of fused-ring (bicyclic) bond motifs is 2. The van der Waals surface area contributed by atoms with Gasteiger partial charge in [-0.25, -0.2) is 21.9 Å². The predicted molar refractivity (Wildman–Crippen MR) is 169 cm³/mol. The van der Waals surface area contributed by atoms with Gasteiger partial charge in [0.05, 0.1) is 17.3 Å². The van der Waals surface area contributed by atoms with Gasteiger partial charge in [-0.1, -0.05) is 43.1 Å². The van der Waals surface area contributed by atoms with Crippen molar-refractivity contribution in [3.8, 4) is 5.75 Å². The van der Waals surface area contributed by atoms with Crippen LogP contribution in [-0.4, -0.2) is 38.0 Å². The van der Waals surface area contributed by atoms with Crippen LogP contribution in [0, 0.1) is 18.6 Å². The van der Waals surface area contributed by atoms with Gasteiger partial charge in [0.15, 0.2) is 5.60 Å². The van der Waals surface area contributed by atoms with Crippen molar-refractivity contribution in [3.63, 3.8) is 0 Å². The maximum absolute atomic E-state index is 15.2. The summed E-state index contributed by atoms with van der Waals surface area (Å²) >= 11 is 12.6. The van der Waals surface area contributed by atoms with E-state index in [1.54, 1.807) is 20.8 Å². The van der Waals surface area contributed by atoms with Gasteiger partial charge in [0.1, 0.15) is 22.8 Å². The lowest BCUT2D eigenvalue weighted by Crippen LogP contribution is -2.57. The number of carbonyl (C=O) groups is 3. The highest BCUT2D eigenvalue weighted by molar-refractivity contribution is 7.89. The number of anilines is 1. The average molecular weight is 695 g/mol. The second kappa shape index (κ2) is 12.1. The SMILES string of the molecule is CCC(CC)(Oc1ccc(Cl)cc1[C@H]1CC(=O)N[C@@H](c2cc(F)ccc2C)[C@]12C(=O)Nc1cc(Cl)c(F)cc12)C(=O)NS(C)(=O)=O. The highest BCUT2D eigenvalue weighted by atomic mass is 35.5. The van der Waals surface area contributed by atoms with Crippen molar-refractivity contribution in [2.45, 2.75) is 63.0 Å². The largest absolute Gasteiger partial charge is 0.477 e. The third kappa shape index (κ3) is 5.71. The fourth-order valence-corrected chi connectivity index (χ4v) is 7.44. The van der Waals surface area contributed by atoms with E-state index in [1.165, 1.54) is 42.5 Å². The first-order chi connectivity index (χ1) is 21.6. The summed E-state index contributed by atoms with van der Waals surface area (Å²) in [6, 6.07) is 9.58. The number of hydrogen-bond acceptors (Lipinski definition) is 6. The van der Waals surface area contributed by atoms with E-state index in [0.29, 0.717) is 5.56 Å². The number of halogens is 4. The van der Waals surface area contributed by atoms with E-state index < -0.39 is 62.4 Å². The molecule has 1 saturated heterocycles. The number of ether oxygens (including phenoxy) is 1. The Kier molecular flexibility index (Phi) is 8.86. The van der Waals surface area contributed by atoms with Gasteiger partial charge in [-0.05, 0) is 78.9 Å². The van der Waals surface area contributed by atoms with Crippen molar-refractivity contribution < 1.29 is 36.3 Å². The van der Waals surface area contributed by atoms with Crippen molar-refractivity contribution in [2.75, 3.05) is 11.6 Å². The molecule has 2 aliphatic rings. The zero-order chi connectivity index (χ0) is 33.8. The third-order valence-electron chi connectivity index (χ3n) is 8.87. The van der Waals surface area contributed by atoms with Crippen LogP contribution < -0.4 is 20.1 Å². The number of carbonyl (C=O) groups excluding carboxylic acids is 3. The van der Waals surface area contributed by atoms with E-state index in [9.17, 15) is 27.2 Å². The Labute approximate surface area is 275 Å². The first-order valence-electron chi connectivity index (χ1n) is 14.4. The minimum Gasteiger partial charge on any atom is -0.477 e. The van der Waals surface area contributed by atoms with Crippen LogP contribution in [0.15, 0.2) is 48.5 Å². The molecule has 46 heavy (non-hydrogen) atoms. The lowest BCUT2D eigenvalue weighted by Gasteiger charge is -2.47. The molecule has 14 heteroatoms. The molecule has 244 valence electrons. The van der Waals surface area contributed by atoms with E-state index in [2.05, 4.69) is 10.6 Å². The van der Waals surface area contributed by atoms with Crippen LogP contribution in [0.1, 0.15) is 67.3 Å². The Morgan fingerprint density at radius 1 is 1.07 bits per heavy atom. The fourth-order valence-electron chi connectivity index (χ4n) is 6.57. The molecule has 3 aromatic rings. The Morgan fingerprint density at radius 2 is 1.76 bits per heavy atom. The number of amides is 3. The summed E-state index contributed by atoms with van der Waals surface area (Å²) in [7, 11) is -3.96. The van der Waals surface area contributed by atoms with Gasteiger partial charge in [-0.3, -0.25) is 14.4 Å². The average Bonchev–Trinajstić information content (AvgIpc) is 3.24. The van der Waals surface area contributed by atoms with Gasteiger partial charge < -0.3 is 15.4 Å².